The average molecular weight is 487 g/mol. The third kappa shape index (κ3) is 6.81. The van der Waals surface area contributed by atoms with Crippen LogP contribution in [0.3, 0.4) is 0 Å². The van der Waals surface area contributed by atoms with Gasteiger partial charge in [-0.15, -0.1) is 0 Å². The van der Waals surface area contributed by atoms with Crippen LogP contribution in [0, 0.1) is 0 Å². The van der Waals surface area contributed by atoms with Gasteiger partial charge in [-0.3, -0.25) is 14.3 Å². The summed E-state index contributed by atoms with van der Waals surface area (Å²) in [7, 11) is -3.91. The number of hydrogen-bond acceptors (Lipinski definition) is 5. The van der Waals surface area contributed by atoms with E-state index in [-0.39, 0.29) is 34.2 Å². The number of benzene rings is 3. The van der Waals surface area contributed by atoms with E-state index in [0.717, 1.165) is 0 Å². The number of halogens is 1. The minimum absolute atomic E-state index is 0.0197. The van der Waals surface area contributed by atoms with Gasteiger partial charge in [-0.25, -0.2) is 8.42 Å². The van der Waals surface area contributed by atoms with E-state index >= 15 is 0 Å². The van der Waals surface area contributed by atoms with Crippen LogP contribution >= 0.6 is 11.6 Å². The summed E-state index contributed by atoms with van der Waals surface area (Å²) in [5.41, 5.74) is 1.04. The Morgan fingerprint density at radius 2 is 1.67 bits per heavy atom. The summed E-state index contributed by atoms with van der Waals surface area (Å²) < 4.78 is 33.2. The van der Waals surface area contributed by atoms with Crippen LogP contribution in [0.15, 0.2) is 77.7 Å². The smallest absolute Gasteiger partial charge is 0.262 e. The molecule has 0 spiro atoms. The standard InChI is InChI=1S/C24H23ClN2O5S/c1-2-32-19-12-10-17(11-13-19)23(28)14-15-24(29)26-18-6-5-7-20(16-18)33(30,31)27-22-9-4-3-8-21(22)25/h3-13,16,27H,2,14-15H2,1H3,(H,26,29). The first-order valence-corrected chi connectivity index (χ1v) is 12.1. The van der Waals surface area contributed by atoms with Crippen molar-refractivity contribution in [2.45, 2.75) is 24.7 Å². The first-order valence-electron chi connectivity index (χ1n) is 10.2. The van der Waals surface area contributed by atoms with E-state index in [9.17, 15) is 18.0 Å². The molecule has 9 heteroatoms. The fourth-order valence-electron chi connectivity index (χ4n) is 2.99. The highest BCUT2D eigenvalue weighted by Crippen LogP contribution is 2.25. The van der Waals surface area contributed by atoms with Crippen molar-refractivity contribution in [3.05, 3.63) is 83.4 Å². The van der Waals surface area contributed by atoms with Crippen LogP contribution in [0.5, 0.6) is 5.75 Å². The van der Waals surface area contributed by atoms with Crippen LogP contribution in [-0.4, -0.2) is 26.7 Å². The van der Waals surface area contributed by atoms with Crippen molar-refractivity contribution in [3.8, 4) is 5.75 Å². The molecule has 7 nitrogen and oxygen atoms in total. The largest absolute Gasteiger partial charge is 0.494 e. The molecule has 0 radical (unpaired) electrons. The Bertz CT molecular complexity index is 1240. The summed E-state index contributed by atoms with van der Waals surface area (Å²) in [5, 5.41) is 2.90. The molecule has 172 valence electrons. The Hall–Kier alpha value is -3.36. The number of rotatable bonds is 10. The summed E-state index contributed by atoms with van der Waals surface area (Å²) in [5.74, 6) is 0.0991. The Labute approximate surface area is 197 Å². The zero-order chi connectivity index (χ0) is 23.8. The average Bonchev–Trinajstić information content (AvgIpc) is 2.80. The summed E-state index contributed by atoms with van der Waals surface area (Å²) in [6, 6.07) is 19.0. The Kier molecular flexibility index (Phi) is 8.08. The molecule has 0 aromatic heterocycles. The molecule has 3 rings (SSSR count). The van der Waals surface area contributed by atoms with Gasteiger partial charge in [-0.1, -0.05) is 29.8 Å². The molecular formula is C24H23ClN2O5S. The predicted octanol–water partition coefficient (Wildman–Crippen LogP) is 5.14. The highest BCUT2D eigenvalue weighted by atomic mass is 35.5. The van der Waals surface area contributed by atoms with Gasteiger partial charge in [0.15, 0.2) is 5.78 Å². The van der Waals surface area contributed by atoms with Crippen LogP contribution in [0.2, 0.25) is 5.02 Å². The molecular weight excluding hydrogens is 464 g/mol. The molecule has 0 bridgehead atoms. The number of Topliss-reactive ketones (excluding diaryl/α,β-unsaturated/α-hetero) is 1. The lowest BCUT2D eigenvalue weighted by Crippen LogP contribution is -2.16. The summed E-state index contributed by atoms with van der Waals surface area (Å²) in [6.45, 7) is 2.41. The van der Waals surface area contributed by atoms with Crippen LogP contribution < -0.4 is 14.8 Å². The van der Waals surface area contributed by atoms with E-state index in [0.29, 0.717) is 23.6 Å². The maximum atomic E-state index is 12.7. The predicted molar refractivity (Wildman–Crippen MR) is 129 cm³/mol. The minimum Gasteiger partial charge on any atom is -0.494 e. The highest BCUT2D eigenvalue weighted by Gasteiger charge is 2.17. The third-order valence-corrected chi connectivity index (χ3v) is 6.31. The van der Waals surface area contributed by atoms with Crippen LogP contribution in [-0.2, 0) is 14.8 Å². The first-order chi connectivity index (χ1) is 15.8. The summed E-state index contributed by atoms with van der Waals surface area (Å²) in [4.78, 5) is 24.6. The Morgan fingerprint density at radius 1 is 0.939 bits per heavy atom. The molecule has 0 aliphatic carbocycles. The third-order valence-electron chi connectivity index (χ3n) is 4.61. The van der Waals surface area contributed by atoms with Crippen molar-refractivity contribution in [3.63, 3.8) is 0 Å². The lowest BCUT2D eigenvalue weighted by atomic mass is 10.1. The monoisotopic (exact) mass is 486 g/mol. The van der Waals surface area contributed by atoms with Gasteiger partial charge in [0.1, 0.15) is 5.75 Å². The van der Waals surface area contributed by atoms with E-state index < -0.39 is 15.9 Å². The van der Waals surface area contributed by atoms with Crippen molar-refractivity contribution >= 4 is 44.7 Å². The molecule has 0 fully saturated rings. The second-order valence-electron chi connectivity index (χ2n) is 7.04. The van der Waals surface area contributed by atoms with Crippen molar-refractivity contribution in [1.29, 1.82) is 0 Å². The molecule has 3 aromatic rings. The van der Waals surface area contributed by atoms with Crippen LogP contribution in [0.25, 0.3) is 0 Å². The van der Waals surface area contributed by atoms with Gasteiger partial charge in [-0.2, -0.15) is 0 Å². The second-order valence-corrected chi connectivity index (χ2v) is 9.13. The van der Waals surface area contributed by atoms with Crippen LogP contribution in [0.4, 0.5) is 11.4 Å². The Morgan fingerprint density at radius 3 is 2.36 bits per heavy atom. The SMILES string of the molecule is CCOc1ccc(C(=O)CCC(=O)Nc2cccc(S(=O)(=O)Nc3ccccc3Cl)c2)cc1. The highest BCUT2D eigenvalue weighted by molar-refractivity contribution is 7.92. The number of carbonyl (C=O) groups excluding carboxylic acids is 2. The maximum absolute atomic E-state index is 12.7. The van der Waals surface area contributed by atoms with Gasteiger partial charge >= 0.3 is 0 Å². The topological polar surface area (TPSA) is 102 Å². The first kappa shape index (κ1) is 24.3. The fourth-order valence-corrected chi connectivity index (χ4v) is 4.35. The van der Waals surface area contributed by atoms with Gasteiger partial charge in [-0.05, 0) is 61.5 Å². The minimum atomic E-state index is -3.91. The van der Waals surface area contributed by atoms with E-state index in [2.05, 4.69) is 10.0 Å². The molecule has 33 heavy (non-hydrogen) atoms. The van der Waals surface area contributed by atoms with E-state index in [1.165, 1.54) is 18.2 Å². The summed E-state index contributed by atoms with van der Waals surface area (Å²) in [6.07, 6.45) is -0.0211. The number of amides is 1. The molecule has 1 amide bonds. The quantitative estimate of drug-likeness (QED) is 0.386. The van der Waals surface area contributed by atoms with Gasteiger partial charge in [0.05, 0.1) is 22.2 Å². The number of anilines is 2. The lowest BCUT2D eigenvalue weighted by molar-refractivity contribution is -0.116. The van der Waals surface area contributed by atoms with Gasteiger partial charge in [0.2, 0.25) is 5.91 Å². The molecule has 0 unspecified atom stereocenters. The normalized spacial score (nSPS) is 11.0. The molecule has 0 aliphatic rings. The number of ketones is 1. The van der Waals surface area contributed by atoms with E-state index in [1.54, 1.807) is 54.6 Å². The second kappa shape index (κ2) is 11.0. The molecule has 3 aromatic carbocycles. The molecule has 0 saturated carbocycles. The number of sulfonamides is 1. The summed E-state index contributed by atoms with van der Waals surface area (Å²) >= 11 is 6.03. The van der Waals surface area contributed by atoms with Gasteiger partial charge < -0.3 is 10.1 Å². The molecule has 0 heterocycles. The van der Waals surface area contributed by atoms with Crippen molar-refractivity contribution in [2.75, 3.05) is 16.6 Å². The van der Waals surface area contributed by atoms with E-state index in [1.807, 2.05) is 6.92 Å². The number of hydrogen-bond donors (Lipinski definition) is 2. The molecule has 0 atom stereocenters. The van der Waals surface area contributed by atoms with Crippen molar-refractivity contribution in [1.82, 2.24) is 0 Å². The zero-order valence-corrected chi connectivity index (χ0v) is 19.4. The number of carbonyl (C=O) groups is 2. The number of para-hydroxylation sites is 1. The lowest BCUT2D eigenvalue weighted by Gasteiger charge is -2.11. The zero-order valence-electron chi connectivity index (χ0n) is 17.9. The van der Waals surface area contributed by atoms with Gasteiger partial charge in [0, 0.05) is 24.1 Å². The molecule has 2 N–H and O–H groups in total. The van der Waals surface area contributed by atoms with Crippen LogP contribution in [0.1, 0.15) is 30.1 Å². The number of nitrogens with one attached hydrogen (secondary N) is 2. The van der Waals surface area contributed by atoms with Gasteiger partial charge in [0.25, 0.3) is 10.0 Å². The molecule has 0 saturated heterocycles. The molecule has 0 aliphatic heterocycles. The maximum Gasteiger partial charge on any atom is 0.262 e. The van der Waals surface area contributed by atoms with Crippen molar-refractivity contribution < 1.29 is 22.7 Å². The van der Waals surface area contributed by atoms with E-state index in [4.69, 9.17) is 16.3 Å². The fraction of sp³-hybridized carbons (Fsp3) is 0.167. The Balaban J connectivity index is 1.59. The number of ether oxygens (including phenoxy) is 1. The van der Waals surface area contributed by atoms with Crippen molar-refractivity contribution in [2.24, 2.45) is 0 Å².